The molecule has 0 aromatic rings. The molecule has 2 aliphatic heterocycles. The van der Waals surface area contributed by atoms with E-state index >= 15 is 0 Å². The molecule has 1 amide bonds. The monoisotopic (exact) mass is 269 g/mol. The number of ether oxygens (including phenoxy) is 3. The van der Waals surface area contributed by atoms with E-state index in [-0.39, 0.29) is 23.6 Å². The molecule has 19 heavy (non-hydrogen) atoms. The summed E-state index contributed by atoms with van der Waals surface area (Å²) in [6.45, 7) is 4.01. The molecule has 0 spiro atoms. The van der Waals surface area contributed by atoms with Crippen LogP contribution in [-0.2, 0) is 23.8 Å². The van der Waals surface area contributed by atoms with Crippen LogP contribution in [0.5, 0.6) is 0 Å². The molecule has 2 aliphatic rings. The molecular formula is C13H19NO5. The lowest BCUT2D eigenvalue weighted by molar-refractivity contribution is -0.151. The van der Waals surface area contributed by atoms with Crippen molar-refractivity contribution in [3.63, 3.8) is 0 Å². The quantitative estimate of drug-likeness (QED) is 0.705. The van der Waals surface area contributed by atoms with Crippen molar-refractivity contribution in [3.8, 4) is 0 Å². The van der Waals surface area contributed by atoms with Crippen LogP contribution < -0.4 is 0 Å². The first-order valence-electron chi connectivity index (χ1n) is 6.63. The molecule has 0 aliphatic carbocycles. The van der Waals surface area contributed by atoms with Crippen molar-refractivity contribution < 1.29 is 23.8 Å². The predicted molar refractivity (Wildman–Crippen MR) is 65.9 cm³/mol. The second-order valence-corrected chi connectivity index (χ2v) is 4.54. The second-order valence-electron chi connectivity index (χ2n) is 4.54. The number of nitrogens with zero attached hydrogens (tertiary/aromatic N) is 1. The van der Waals surface area contributed by atoms with Crippen LogP contribution in [0.25, 0.3) is 0 Å². The molecule has 1 saturated heterocycles. The van der Waals surface area contributed by atoms with Gasteiger partial charge < -0.3 is 19.1 Å². The van der Waals surface area contributed by atoms with Crippen LogP contribution >= 0.6 is 0 Å². The number of hydrogen-bond donors (Lipinski definition) is 0. The van der Waals surface area contributed by atoms with Gasteiger partial charge in [0.1, 0.15) is 19.5 Å². The van der Waals surface area contributed by atoms with Gasteiger partial charge in [-0.1, -0.05) is 0 Å². The van der Waals surface area contributed by atoms with Crippen molar-refractivity contribution >= 4 is 11.9 Å². The van der Waals surface area contributed by atoms with Crippen LogP contribution in [0, 0.1) is 5.92 Å². The fourth-order valence-electron chi connectivity index (χ4n) is 2.25. The molecule has 6 nitrogen and oxygen atoms in total. The minimum atomic E-state index is -0.234. The standard InChI is InChI=1S/C13H19NO5/c1-2-18-13(16)10-4-3-5-14(8-10)12(15)11-9-17-6-7-19-11/h9-10H,2-8H2,1H3/t10-/m0/s1. The normalized spacial score (nSPS) is 22.9. The number of rotatable bonds is 3. The van der Waals surface area contributed by atoms with Crippen molar-refractivity contribution in [2.45, 2.75) is 19.8 Å². The predicted octanol–water partition coefficient (Wildman–Crippen LogP) is 0.676. The van der Waals surface area contributed by atoms with Crippen LogP contribution in [0.1, 0.15) is 19.8 Å². The van der Waals surface area contributed by atoms with E-state index in [1.807, 2.05) is 0 Å². The van der Waals surface area contributed by atoms with Gasteiger partial charge in [-0.15, -0.1) is 0 Å². The van der Waals surface area contributed by atoms with Gasteiger partial charge in [0.2, 0.25) is 5.76 Å². The third-order valence-electron chi connectivity index (χ3n) is 3.19. The highest BCUT2D eigenvalue weighted by molar-refractivity contribution is 5.91. The molecule has 2 rings (SSSR count). The van der Waals surface area contributed by atoms with Crippen LogP contribution in [0.2, 0.25) is 0 Å². The average molecular weight is 269 g/mol. The summed E-state index contributed by atoms with van der Waals surface area (Å²) in [6.07, 6.45) is 2.90. The van der Waals surface area contributed by atoms with E-state index in [9.17, 15) is 9.59 Å². The summed E-state index contributed by atoms with van der Waals surface area (Å²) < 4.78 is 15.4. The van der Waals surface area contributed by atoms with Crippen molar-refractivity contribution in [2.24, 2.45) is 5.92 Å². The van der Waals surface area contributed by atoms with Crippen LogP contribution in [0.4, 0.5) is 0 Å². The van der Waals surface area contributed by atoms with E-state index in [0.717, 1.165) is 12.8 Å². The summed E-state index contributed by atoms with van der Waals surface area (Å²) in [5, 5.41) is 0. The highest BCUT2D eigenvalue weighted by Crippen LogP contribution is 2.20. The molecule has 1 atom stereocenters. The van der Waals surface area contributed by atoms with Gasteiger partial charge in [0.15, 0.2) is 0 Å². The highest BCUT2D eigenvalue weighted by Gasteiger charge is 2.31. The largest absolute Gasteiger partial charge is 0.494 e. The third kappa shape index (κ3) is 3.39. The van der Waals surface area contributed by atoms with Crippen molar-refractivity contribution in [1.82, 2.24) is 4.90 Å². The van der Waals surface area contributed by atoms with Gasteiger partial charge >= 0.3 is 5.97 Å². The molecular weight excluding hydrogens is 250 g/mol. The van der Waals surface area contributed by atoms with Gasteiger partial charge in [0.05, 0.1) is 12.5 Å². The summed E-state index contributed by atoms with van der Waals surface area (Å²) in [6, 6.07) is 0. The molecule has 0 saturated carbocycles. The molecule has 0 aromatic heterocycles. The summed E-state index contributed by atoms with van der Waals surface area (Å²) in [5.74, 6) is -0.456. The number of carbonyl (C=O) groups is 2. The van der Waals surface area contributed by atoms with Gasteiger partial charge in [-0.2, -0.15) is 0 Å². The van der Waals surface area contributed by atoms with Gasteiger partial charge in [-0.25, -0.2) is 0 Å². The first-order chi connectivity index (χ1) is 9.22. The Morgan fingerprint density at radius 1 is 1.47 bits per heavy atom. The maximum atomic E-state index is 12.2. The minimum absolute atomic E-state index is 0.214. The second kappa shape index (κ2) is 6.45. The van der Waals surface area contributed by atoms with Crippen molar-refractivity contribution in [1.29, 1.82) is 0 Å². The molecule has 106 valence electrons. The Labute approximate surface area is 112 Å². The number of amides is 1. The number of carbonyl (C=O) groups excluding carboxylic acids is 2. The van der Waals surface area contributed by atoms with Crippen LogP contribution in [0.3, 0.4) is 0 Å². The molecule has 1 fully saturated rings. The van der Waals surface area contributed by atoms with E-state index in [0.29, 0.717) is 32.9 Å². The Morgan fingerprint density at radius 2 is 2.32 bits per heavy atom. The molecule has 0 unspecified atom stereocenters. The number of piperidine rings is 1. The zero-order valence-electron chi connectivity index (χ0n) is 11.1. The molecule has 6 heteroatoms. The maximum absolute atomic E-state index is 12.2. The van der Waals surface area contributed by atoms with Crippen molar-refractivity contribution in [2.75, 3.05) is 32.9 Å². The van der Waals surface area contributed by atoms with Gasteiger partial charge in [0.25, 0.3) is 5.91 Å². The van der Waals surface area contributed by atoms with E-state index in [2.05, 4.69) is 0 Å². The van der Waals surface area contributed by atoms with E-state index in [1.165, 1.54) is 6.26 Å². The smallest absolute Gasteiger partial charge is 0.310 e. The Balaban J connectivity index is 1.94. The average Bonchev–Trinajstić information content (AvgIpc) is 2.48. The molecule has 0 aromatic carbocycles. The first kappa shape index (κ1) is 13.7. The molecule has 0 radical (unpaired) electrons. The lowest BCUT2D eigenvalue weighted by atomic mass is 9.98. The Bertz CT molecular complexity index is 379. The van der Waals surface area contributed by atoms with E-state index < -0.39 is 0 Å². The first-order valence-corrected chi connectivity index (χ1v) is 6.63. The SMILES string of the molecule is CCOC(=O)[C@H]1CCCN(C(=O)C2=COCCO2)C1. The highest BCUT2D eigenvalue weighted by atomic mass is 16.6. The Kier molecular flexibility index (Phi) is 4.65. The third-order valence-corrected chi connectivity index (χ3v) is 3.19. The zero-order valence-corrected chi connectivity index (χ0v) is 11.1. The van der Waals surface area contributed by atoms with Gasteiger partial charge in [0, 0.05) is 13.1 Å². The maximum Gasteiger partial charge on any atom is 0.310 e. The summed E-state index contributed by atoms with van der Waals surface area (Å²) in [4.78, 5) is 25.5. The fraction of sp³-hybridized carbons (Fsp3) is 0.692. The molecule has 0 bridgehead atoms. The lowest BCUT2D eigenvalue weighted by Crippen LogP contribution is -2.44. The topological polar surface area (TPSA) is 65.1 Å². The van der Waals surface area contributed by atoms with Crippen molar-refractivity contribution in [3.05, 3.63) is 12.0 Å². The zero-order chi connectivity index (χ0) is 13.7. The van der Waals surface area contributed by atoms with E-state index in [4.69, 9.17) is 14.2 Å². The summed E-state index contributed by atoms with van der Waals surface area (Å²) >= 11 is 0. The number of hydrogen-bond acceptors (Lipinski definition) is 5. The van der Waals surface area contributed by atoms with Crippen LogP contribution in [-0.4, -0.2) is 49.7 Å². The van der Waals surface area contributed by atoms with E-state index in [1.54, 1.807) is 11.8 Å². The molecule has 0 N–H and O–H groups in total. The number of likely N-dealkylation sites (tertiary alicyclic amines) is 1. The minimum Gasteiger partial charge on any atom is -0.494 e. The Morgan fingerprint density at radius 3 is 3.00 bits per heavy atom. The van der Waals surface area contributed by atoms with Crippen LogP contribution in [0.15, 0.2) is 12.0 Å². The van der Waals surface area contributed by atoms with Gasteiger partial charge in [-0.3, -0.25) is 9.59 Å². The summed E-state index contributed by atoms with van der Waals surface area (Å²) in [5.41, 5.74) is 0. The molecule has 2 heterocycles. The Hall–Kier alpha value is -1.72. The fourth-order valence-corrected chi connectivity index (χ4v) is 2.25. The number of esters is 1. The lowest BCUT2D eigenvalue weighted by Gasteiger charge is -2.32. The summed E-state index contributed by atoms with van der Waals surface area (Å²) in [7, 11) is 0. The van der Waals surface area contributed by atoms with Gasteiger partial charge in [-0.05, 0) is 19.8 Å².